The van der Waals surface area contributed by atoms with Gasteiger partial charge in [0.2, 0.25) is 0 Å². The number of hydrogen-bond acceptors (Lipinski definition) is 4. The van der Waals surface area contributed by atoms with Crippen LogP contribution in [0.2, 0.25) is 0 Å². The van der Waals surface area contributed by atoms with E-state index < -0.39 is 0 Å². The van der Waals surface area contributed by atoms with Gasteiger partial charge in [0.15, 0.2) is 0 Å². The summed E-state index contributed by atoms with van der Waals surface area (Å²) < 4.78 is 0.741. The van der Waals surface area contributed by atoms with Crippen molar-refractivity contribution in [3.8, 4) is 0 Å². The largest absolute Gasteiger partial charge is 0.356 e. The van der Waals surface area contributed by atoms with Gasteiger partial charge in [-0.3, -0.25) is 10.1 Å². The van der Waals surface area contributed by atoms with Crippen LogP contribution in [0.3, 0.4) is 0 Å². The molecule has 0 aliphatic carbocycles. The van der Waals surface area contributed by atoms with Crippen LogP contribution in [0.15, 0.2) is 22.7 Å². The van der Waals surface area contributed by atoms with Crippen LogP contribution in [0.1, 0.15) is 0 Å². The zero-order valence-electron chi connectivity index (χ0n) is 7.85. The molecular formula is C9H9BrN2O2S. The summed E-state index contributed by atoms with van der Waals surface area (Å²) in [7, 11) is 0. The highest BCUT2D eigenvalue weighted by atomic mass is 79.9. The van der Waals surface area contributed by atoms with E-state index in [1.54, 1.807) is 23.9 Å². The van der Waals surface area contributed by atoms with Crippen LogP contribution >= 0.6 is 27.7 Å². The first-order valence-electron chi connectivity index (χ1n) is 4.45. The van der Waals surface area contributed by atoms with E-state index in [1.165, 1.54) is 0 Å². The Labute approximate surface area is 99.9 Å². The lowest BCUT2D eigenvalue weighted by molar-refractivity contribution is -0.384. The molecule has 0 N–H and O–H groups in total. The van der Waals surface area contributed by atoms with E-state index >= 15 is 0 Å². The van der Waals surface area contributed by atoms with Gasteiger partial charge in [-0.2, -0.15) is 0 Å². The molecule has 1 aliphatic heterocycles. The Morgan fingerprint density at radius 1 is 1.53 bits per heavy atom. The van der Waals surface area contributed by atoms with E-state index in [-0.39, 0.29) is 10.6 Å². The summed E-state index contributed by atoms with van der Waals surface area (Å²) in [6.07, 6.45) is 0. The molecule has 1 saturated heterocycles. The van der Waals surface area contributed by atoms with E-state index in [0.29, 0.717) is 5.69 Å². The third kappa shape index (κ3) is 2.26. The molecule has 1 aliphatic rings. The number of hydrogen-bond donors (Lipinski definition) is 0. The summed E-state index contributed by atoms with van der Waals surface area (Å²) >= 11 is 5.04. The number of anilines is 1. The molecule has 1 aromatic carbocycles. The standard InChI is InChI=1S/C9H9BrN2O2S/c10-7-1-2-8(9(5-7)12(13)14)11-3-4-15-6-11/h1-2,5H,3-4,6H2. The maximum atomic E-state index is 10.9. The SMILES string of the molecule is O=[N+]([O-])c1cc(Br)ccc1N1CCSC1. The molecule has 0 atom stereocenters. The normalized spacial score (nSPS) is 15.7. The summed E-state index contributed by atoms with van der Waals surface area (Å²) in [5.41, 5.74) is 0.889. The highest BCUT2D eigenvalue weighted by molar-refractivity contribution is 9.10. The van der Waals surface area contributed by atoms with Crippen LogP contribution in [0.5, 0.6) is 0 Å². The Morgan fingerprint density at radius 3 is 2.93 bits per heavy atom. The molecule has 1 heterocycles. The Balaban J connectivity index is 2.40. The molecule has 80 valence electrons. The predicted molar refractivity (Wildman–Crippen MR) is 65.5 cm³/mol. The topological polar surface area (TPSA) is 46.4 Å². The molecule has 0 unspecified atom stereocenters. The van der Waals surface area contributed by atoms with Crippen LogP contribution in [-0.4, -0.2) is 23.1 Å². The molecule has 1 aromatic rings. The fourth-order valence-corrected chi connectivity index (χ4v) is 2.83. The lowest BCUT2D eigenvalue weighted by atomic mass is 10.2. The molecular weight excluding hydrogens is 280 g/mol. The number of halogens is 1. The number of nitro groups is 1. The molecule has 0 spiro atoms. The van der Waals surface area contributed by atoms with Gasteiger partial charge in [0.05, 0.1) is 10.8 Å². The van der Waals surface area contributed by atoms with Gasteiger partial charge < -0.3 is 4.90 Å². The number of benzene rings is 1. The molecule has 6 heteroatoms. The van der Waals surface area contributed by atoms with Crippen molar-refractivity contribution in [2.45, 2.75) is 0 Å². The zero-order valence-corrected chi connectivity index (χ0v) is 10.3. The quantitative estimate of drug-likeness (QED) is 0.620. The average Bonchev–Trinajstić information content (AvgIpc) is 2.70. The first kappa shape index (κ1) is 10.8. The summed E-state index contributed by atoms with van der Waals surface area (Å²) in [4.78, 5) is 12.6. The first-order valence-corrected chi connectivity index (χ1v) is 6.40. The van der Waals surface area contributed by atoms with Crippen molar-refractivity contribution >= 4 is 39.1 Å². The summed E-state index contributed by atoms with van der Waals surface area (Å²) in [5.74, 6) is 1.87. The minimum Gasteiger partial charge on any atom is -0.356 e. The average molecular weight is 289 g/mol. The Kier molecular flexibility index (Phi) is 3.16. The number of nitro benzene ring substituents is 1. The van der Waals surface area contributed by atoms with Gasteiger partial charge in [-0.1, -0.05) is 15.9 Å². The molecule has 0 bridgehead atoms. The van der Waals surface area contributed by atoms with Crippen LogP contribution < -0.4 is 4.90 Å². The summed E-state index contributed by atoms with van der Waals surface area (Å²) in [6.45, 7) is 0.882. The Bertz CT molecular complexity index is 394. The van der Waals surface area contributed by atoms with Crippen LogP contribution in [0.4, 0.5) is 11.4 Å². The zero-order chi connectivity index (χ0) is 10.8. The molecule has 1 fully saturated rings. The van der Waals surface area contributed by atoms with Crippen LogP contribution in [0, 0.1) is 10.1 Å². The fourth-order valence-electron chi connectivity index (χ4n) is 1.51. The highest BCUT2D eigenvalue weighted by Gasteiger charge is 2.22. The van der Waals surface area contributed by atoms with Crippen molar-refractivity contribution in [2.75, 3.05) is 23.1 Å². The Morgan fingerprint density at radius 2 is 2.33 bits per heavy atom. The van der Waals surface area contributed by atoms with E-state index in [0.717, 1.165) is 22.6 Å². The van der Waals surface area contributed by atoms with Gasteiger partial charge in [-0.05, 0) is 12.1 Å². The molecule has 0 saturated carbocycles. The molecule has 2 rings (SSSR count). The second kappa shape index (κ2) is 4.40. The minimum absolute atomic E-state index is 0.173. The second-order valence-electron chi connectivity index (χ2n) is 3.19. The maximum Gasteiger partial charge on any atom is 0.293 e. The van der Waals surface area contributed by atoms with Crippen molar-refractivity contribution in [2.24, 2.45) is 0 Å². The monoisotopic (exact) mass is 288 g/mol. The number of thioether (sulfide) groups is 1. The van der Waals surface area contributed by atoms with Crippen LogP contribution in [0.25, 0.3) is 0 Å². The summed E-state index contributed by atoms with van der Waals surface area (Å²) in [5, 5.41) is 10.9. The molecule has 0 amide bonds. The van der Waals surface area contributed by atoms with E-state index in [2.05, 4.69) is 15.9 Å². The molecule has 0 radical (unpaired) electrons. The van der Waals surface area contributed by atoms with Gasteiger partial charge in [0.1, 0.15) is 5.69 Å². The minimum atomic E-state index is -0.330. The van der Waals surface area contributed by atoms with Crippen molar-refractivity contribution < 1.29 is 4.92 Å². The lowest BCUT2D eigenvalue weighted by Gasteiger charge is -2.16. The van der Waals surface area contributed by atoms with Crippen LogP contribution in [-0.2, 0) is 0 Å². The number of rotatable bonds is 2. The van der Waals surface area contributed by atoms with Gasteiger partial charge in [-0.25, -0.2) is 0 Å². The third-order valence-electron chi connectivity index (χ3n) is 2.23. The molecule has 0 aromatic heterocycles. The third-order valence-corrected chi connectivity index (χ3v) is 3.69. The van der Waals surface area contributed by atoms with Gasteiger partial charge in [-0.15, -0.1) is 11.8 Å². The molecule has 15 heavy (non-hydrogen) atoms. The second-order valence-corrected chi connectivity index (χ2v) is 5.18. The van der Waals surface area contributed by atoms with Crippen molar-refractivity contribution in [3.63, 3.8) is 0 Å². The van der Waals surface area contributed by atoms with Gasteiger partial charge in [0.25, 0.3) is 5.69 Å². The fraction of sp³-hybridized carbons (Fsp3) is 0.333. The van der Waals surface area contributed by atoms with Crippen molar-refractivity contribution in [1.82, 2.24) is 0 Å². The van der Waals surface area contributed by atoms with E-state index in [9.17, 15) is 10.1 Å². The number of nitrogens with zero attached hydrogens (tertiary/aromatic N) is 2. The van der Waals surface area contributed by atoms with Gasteiger partial charge >= 0.3 is 0 Å². The maximum absolute atomic E-state index is 10.9. The first-order chi connectivity index (χ1) is 7.18. The van der Waals surface area contributed by atoms with Gasteiger partial charge in [0, 0.05) is 22.8 Å². The molecule has 4 nitrogen and oxygen atoms in total. The Hall–Kier alpha value is -0.750. The van der Waals surface area contributed by atoms with Crippen molar-refractivity contribution in [1.29, 1.82) is 0 Å². The smallest absolute Gasteiger partial charge is 0.293 e. The van der Waals surface area contributed by atoms with Crippen molar-refractivity contribution in [3.05, 3.63) is 32.8 Å². The predicted octanol–water partition coefficient (Wildman–Crippen LogP) is 2.87. The lowest BCUT2D eigenvalue weighted by Crippen LogP contribution is -2.19. The van der Waals surface area contributed by atoms with E-state index in [1.807, 2.05) is 11.0 Å². The van der Waals surface area contributed by atoms with E-state index in [4.69, 9.17) is 0 Å². The highest BCUT2D eigenvalue weighted by Crippen LogP contribution is 2.33. The summed E-state index contributed by atoms with van der Waals surface area (Å²) in [6, 6.07) is 5.19.